The van der Waals surface area contributed by atoms with Crippen LogP contribution in [0.2, 0.25) is 0 Å². The van der Waals surface area contributed by atoms with Gasteiger partial charge in [0.2, 0.25) is 5.91 Å². The highest BCUT2D eigenvalue weighted by Gasteiger charge is 2.24. The van der Waals surface area contributed by atoms with Gasteiger partial charge in [-0.1, -0.05) is 36.4 Å². The van der Waals surface area contributed by atoms with Gasteiger partial charge in [0.05, 0.1) is 12.1 Å². The van der Waals surface area contributed by atoms with Gasteiger partial charge in [-0.15, -0.1) is 0 Å². The molecule has 3 aromatic rings. The van der Waals surface area contributed by atoms with Gasteiger partial charge in [-0.3, -0.25) is 20.5 Å². The quantitative estimate of drug-likeness (QED) is 0.306. The molecule has 7 heteroatoms. The van der Waals surface area contributed by atoms with E-state index in [-0.39, 0.29) is 24.1 Å². The topological polar surface area (TPSA) is 122 Å². The van der Waals surface area contributed by atoms with Crippen molar-refractivity contribution in [1.29, 1.82) is 10.8 Å². The molecule has 0 unspecified atom stereocenters. The van der Waals surface area contributed by atoms with Crippen molar-refractivity contribution < 1.29 is 4.79 Å². The summed E-state index contributed by atoms with van der Waals surface area (Å²) < 4.78 is 0. The zero-order valence-corrected chi connectivity index (χ0v) is 17.3. The minimum Gasteiger partial charge on any atom is -0.361 e. The lowest BCUT2D eigenvalue weighted by atomic mass is 10.1. The SMILES string of the molecule is CC(C)(N)C(=O)NCC(=N)N(C(=N)CCc1c[nH]c2ccccc12)c1ccccc1. The fraction of sp³-hybridized carbons (Fsp3) is 0.261. The molecular weight excluding hydrogens is 376 g/mol. The van der Waals surface area contributed by atoms with Crippen molar-refractivity contribution in [3.63, 3.8) is 0 Å². The van der Waals surface area contributed by atoms with E-state index in [2.05, 4.69) is 16.4 Å². The van der Waals surface area contributed by atoms with Crippen molar-refractivity contribution >= 4 is 34.2 Å². The highest BCUT2D eigenvalue weighted by molar-refractivity contribution is 6.18. The van der Waals surface area contributed by atoms with E-state index in [1.807, 2.05) is 54.7 Å². The number of H-pyrrole nitrogens is 1. The van der Waals surface area contributed by atoms with Crippen molar-refractivity contribution in [1.82, 2.24) is 10.3 Å². The second-order valence-corrected chi connectivity index (χ2v) is 7.83. The first kappa shape index (κ1) is 21.3. The first-order chi connectivity index (χ1) is 14.3. The van der Waals surface area contributed by atoms with Gasteiger partial charge >= 0.3 is 0 Å². The maximum atomic E-state index is 12.1. The minimum absolute atomic E-state index is 0.0101. The Morgan fingerprint density at radius 2 is 1.73 bits per heavy atom. The minimum atomic E-state index is -1.03. The van der Waals surface area contributed by atoms with Crippen molar-refractivity contribution in [2.45, 2.75) is 32.2 Å². The number of aryl methyl sites for hydroxylation is 1. The third-order valence-electron chi connectivity index (χ3n) is 4.86. The monoisotopic (exact) mass is 404 g/mol. The number of aromatic amines is 1. The second-order valence-electron chi connectivity index (χ2n) is 7.83. The number of amides is 1. The molecule has 7 nitrogen and oxygen atoms in total. The number of aromatic nitrogens is 1. The molecule has 1 amide bonds. The Balaban J connectivity index is 1.74. The number of nitrogens with zero attached hydrogens (tertiary/aromatic N) is 1. The van der Waals surface area contributed by atoms with Crippen LogP contribution in [0.1, 0.15) is 25.8 Å². The number of amidine groups is 2. The Morgan fingerprint density at radius 1 is 1.07 bits per heavy atom. The van der Waals surface area contributed by atoms with E-state index in [1.165, 1.54) is 0 Å². The molecule has 0 spiro atoms. The lowest BCUT2D eigenvalue weighted by Gasteiger charge is -2.27. The number of hydrogen-bond donors (Lipinski definition) is 5. The molecule has 0 aliphatic rings. The van der Waals surface area contributed by atoms with Gasteiger partial charge in [0.25, 0.3) is 0 Å². The highest BCUT2D eigenvalue weighted by Crippen LogP contribution is 2.21. The summed E-state index contributed by atoms with van der Waals surface area (Å²) in [7, 11) is 0. The number of carbonyl (C=O) groups is 1. The van der Waals surface area contributed by atoms with Crippen LogP contribution in [0.3, 0.4) is 0 Å². The molecule has 0 aliphatic carbocycles. The molecule has 0 bridgehead atoms. The average molecular weight is 405 g/mol. The average Bonchev–Trinajstić information content (AvgIpc) is 3.14. The van der Waals surface area contributed by atoms with E-state index < -0.39 is 5.54 Å². The van der Waals surface area contributed by atoms with Gasteiger partial charge in [0.1, 0.15) is 11.7 Å². The van der Waals surface area contributed by atoms with E-state index in [1.54, 1.807) is 18.7 Å². The van der Waals surface area contributed by atoms with Crippen molar-refractivity contribution in [2.75, 3.05) is 11.4 Å². The van der Waals surface area contributed by atoms with Crippen molar-refractivity contribution in [2.24, 2.45) is 5.73 Å². The number of nitrogens with one attached hydrogen (secondary N) is 4. The van der Waals surface area contributed by atoms with Crippen molar-refractivity contribution in [3.05, 3.63) is 66.4 Å². The zero-order valence-electron chi connectivity index (χ0n) is 17.3. The Kier molecular flexibility index (Phi) is 6.32. The van der Waals surface area contributed by atoms with E-state index in [0.717, 1.165) is 16.5 Å². The van der Waals surface area contributed by atoms with Crippen LogP contribution in [0.5, 0.6) is 0 Å². The van der Waals surface area contributed by atoms with Crippen LogP contribution in [0.4, 0.5) is 5.69 Å². The first-order valence-corrected chi connectivity index (χ1v) is 9.89. The number of carbonyl (C=O) groups excluding carboxylic acids is 1. The predicted molar refractivity (Wildman–Crippen MR) is 122 cm³/mol. The van der Waals surface area contributed by atoms with Crippen LogP contribution in [0.15, 0.2) is 60.8 Å². The zero-order chi connectivity index (χ0) is 21.7. The van der Waals surface area contributed by atoms with Gasteiger partial charge in [-0.05, 0) is 44.0 Å². The van der Waals surface area contributed by atoms with E-state index in [9.17, 15) is 4.79 Å². The van der Waals surface area contributed by atoms with Crippen LogP contribution < -0.4 is 16.0 Å². The fourth-order valence-electron chi connectivity index (χ4n) is 3.23. The lowest BCUT2D eigenvalue weighted by Crippen LogP contribution is -2.52. The summed E-state index contributed by atoms with van der Waals surface area (Å²) in [6.07, 6.45) is 3.09. The molecule has 0 radical (unpaired) electrons. The molecular formula is C23H28N6O. The molecule has 0 aliphatic heterocycles. The predicted octanol–water partition coefficient (Wildman–Crippen LogP) is 3.42. The smallest absolute Gasteiger partial charge is 0.239 e. The summed E-state index contributed by atoms with van der Waals surface area (Å²) in [6, 6.07) is 17.4. The summed E-state index contributed by atoms with van der Waals surface area (Å²) in [5.74, 6) is 0.0612. The van der Waals surface area contributed by atoms with Crippen LogP contribution in [0.25, 0.3) is 10.9 Å². The molecule has 156 valence electrons. The number of anilines is 1. The molecule has 30 heavy (non-hydrogen) atoms. The molecule has 0 fully saturated rings. The highest BCUT2D eigenvalue weighted by atomic mass is 16.2. The molecule has 3 rings (SSSR count). The van der Waals surface area contributed by atoms with Crippen LogP contribution in [-0.4, -0.2) is 34.6 Å². The normalized spacial score (nSPS) is 11.3. The van der Waals surface area contributed by atoms with Crippen LogP contribution >= 0.6 is 0 Å². The summed E-state index contributed by atoms with van der Waals surface area (Å²) >= 11 is 0. The number of hydrogen-bond acceptors (Lipinski definition) is 4. The van der Waals surface area contributed by atoms with Crippen LogP contribution in [0, 0.1) is 10.8 Å². The van der Waals surface area contributed by atoms with Gasteiger partial charge < -0.3 is 16.0 Å². The lowest BCUT2D eigenvalue weighted by molar-refractivity contribution is -0.124. The maximum absolute atomic E-state index is 12.1. The summed E-state index contributed by atoms with van der Waals surface area (Å²) in [5.41, 5.74) is 7.71. The molecule has 0 saturated heterocycles. The van der Waals surface area contributed by atoms with Gasteiger partial charge in [-0.25, -0.2) is 0 Å². The number of para-hydroxylation sites is 2. The van der Waals surface area contributed by atoms with Gasteiger partial charge in [0.15, 0.2) is 0 Å². The first-order valence-electron chi connectivity index (χ1n) is 9.89. The van der Waals surface area contributed by atoms with Crippen LogP contribution in [-0.2, 0) is 11.2 Å². The molecule has 0 atom stereocenters. The Hall–Kier alpha value is -3.45. The standard InChI is InChI=1S/C23H28N6O/c1-23(2,26)22(30)28-15-21(25)29(17-8-4-3-5-9-17)20(24)13-12-16-14-27-19-11-7-6-10-18(16)19/h3-11,14,24-25,27H,12-13,15,26H2,1-2H3,(H,28,30). The number of nitrogens with two attached hydrogens (primary N) is 1. The number of benzene rings is 2. The summed E-state index contributed by atoms with van der Waals surface area (Å²) in [6.45, 7) is 3.22. The maximum Gasteiger partial charge on any atom is 0.239 e. The Bertz CT molecular complexity index is 1050. The fourth-order valence-corrected chi connectivity index (χ4v) is 3.23. The Morgan fingerprint density at radius 3 is 2.43 bits per heavy atom. The molecule has 0 saturated carbocycles. The number of fused-ring (bicyclic) bond motifs is 1. The van der Waals surface area contributed by atoms with E-state index >= 15 is 0 Å². The third-order valence-corrected chi connectivity index (χ3v) is 4.86. The second kappa shape index (κ2) is 8.92. The third kappa shape index (κ3) is 4.93. The van der Waals surface area contributed by atoms with E-state index in [4.69, 9.17) is 16.6 Å². The van der Waals surface area contributed by atoms with Gasteiger partial charge in [0, 0.05) is 29.2 Å². The molecule has 2 aromatic carbocycles. The number of rotatable bonds is 7. The molecule has 1 heterocycles. The Labute approximate surface area is 176 Å². The molecule has 1 aromatic heterocycles. The summed E-state index contributed by atoms with van der Waals surface area (Å²) in [4.78, 5) is 16.9. The van der Waals surface area contributed by atoms with Gasteiger partial charge in [-0.2, -0.15) is 0 Å². The van der Waals surface area contributed by atoms with Crippen molar-refractivity contribution in [3.8, 4) is 0 Å². The largest absolute Gasteiger partial charge is 0.361 e. The summed E-state index contributed by atoms with van der Waals surface area (Å²) in [5, 5.41) is 21.0. The van der Waals surface area contributed by atoms with E-state index in [0.29, 0.717) is 18.5 Å². The molecule has 6 N–H and O–H groups in total.